The van der Waals surface area contributed by atoms with Crippen molar-refractivity contribution in [2.75, 3.05) is 32.1 Å². The van der Waals surface area contributed by atoms with Crippen LogP contribution in [0, 0.1) is 0 Å². The van der Waals surface area contributed by atoms with Gasteiger partial charge in [0.05, 0.1) is 0 Å². The molecule has 0 bridgehead atoms. The Balaban J connectivity index is 2.25. The van der Waals surface area contributed by atoms with Gasteiger partial charge < -0.3 is 10.2 Å². The molecule has 0 aliphatic heterocycles. The van der Waals surface area contributed by atoms with E-state index in [9.17, 15) is 0 Å². The lowest BCUT2D eigenvalue weighted by molar-refractivity contribution is 0.713. The quantitative estimate of drug-likeness (QED) is 0.702. The van der Waals surface area contributed by atoms with E-state index in [1.165, 1.54) is 12.1 Å². The highest BCUT2D eigenvalue weighted by molar-refractivity contribution is 7.08. The molecular weight excluding hydrogens is 168 g/mol. The van der Waals surface area contributed by atoms with Gasteiger partial charge in [0.2, 0.25) is 0 Å². The highest BCUT2D eigenvalue weighted by Crippen LogP contribution is 2.15. The van der Waals surface area contributed by atoms with E-state index in [-0.39, 0.29) is 0 Å². The molecule has 0 aliphatic carbocycles. The third-order valence-corrected chi connectivity index (χ3v) is 2.54. The molecule has 0 radical (unpaired) electrons. The standard InChI is InChI=1S/C9H16N2S/c1-10-5-3-6-11(2)9-4-7-12-8-9/h4,7-8,10H,3,5-6H2,1-2H3. The number of rotatable bonds is 5. The van der Waals surface area contributed by atoms with E-state index in [1.807, 2.05) is 7.05 Å². The maximum atomic E-state index is 3.14. The molecule has 0 fully saturated rings. The van der Waals surface area contributed by atoms with Gasteiger partial charge in [-0.15, -0.1) is 0 Å². The highest BCUT2D eigenvalue weighted by Gasteiger charge is 1.98. The number of hydrogen-bond donors (Lipinski definition) is 1. The largest absolute Gasteiger partial charge is 0.374 e. The van der Waals surface area contributed by atoms with Gasteiger partial charge in [-0.2, -0.15) is 11.3 Å². The van der Waals surface area contributed by atoms with Gasteiger partial charge in [0.1, 0.15) is 0 Å². The molecule has 0 unspecified atom stereocenters. The van der Waals surface area contributed by atoms with Crippen LogP contribution >= 0.6 is 11.3 Å². The molecule has 3 heteroatoms. The van der Waals surface area contributed by atoms with Crippen molar-refractivity contribution >= 4 is 17.0 Å². The van der Waals surface area contributed by atoms with E-state index >= 15 is 0 Å². The van der Waals surface area contributed by atoms with Gasteiger partial charge in [-0.1, -0.05) is 0 Å². The molecule has 0 spiro atoms. The minimum absolute atomic E-state index is 1.09. The molecule has 68 valence electrons. The Labute approximate surface area is 78.2 Å². The lowest BCUT2D eigenvalue weighted by Crippen LogP contribution is -2.21. The van der Waals surface area contributed by atoms with Crippen LogP contribution in [0.4, 0.5) is 5.69 Å². The fraction of sp³-hybridized carbons (Fsp3) is 0.556. The molecule has 0 saturated carbocycles. The summed E-state index contributed by atoms with van der Waals surface area (Å²) in [5, 5.41) is 7.44. The van der Waals surface area contributed by atoms with Crippen LogP contribution in [0.2, 0.25) is 0 Å². The molecule has 12 heavy (non-hydrogen) atoms. The first-order chi connectivity index (χ1) is 5.84. The van der Waals surface area contributed by atoms with Crippen molar-refractivity contribution in [3.05, 3.63) is 16.8 Å². The Kier molecular flexibility index (Phi) is 4.11. The summed E-state index contributed by atoms with van der Waals surface area (Å²) in [5.41, 5.74) is 1.33. The fourth-order valence-electron chi connectivity index (χ4n) is 1.10. The van der Waals surface area contributed by atoms with Crippen LogP contribution in [0.3, 0.4) is 0 Å². The van der Waals surface area contributed by atoms with Crippen LogP contribution in [-0.4, -0.2) is 27.2 Å². The highest BCUT2D eigenvalue weighted by atomic mass is 32.1. The molecule has 1 N–H and O–H groups in total. The topological polar surface area (TPSA) is 15.3 Å². The van der Waals surface area contributed by atoms with Crippen LogP contribution in [0.1, 0.15) is 6.42 Å². The predicted molar refractivity (Wildman–Crippen MR) is 56.1 cm³/mol. The predicted octanol–water partition coefficient (Wildman–Crippen LogP) is 1.79. The van der Waals surface area contributed by atoms with E-state index in [4.69, 9.17) is 0 Å². The maximum absolute atomic E-state index is 3.14. The number of hydrogen-bond acceptors (Lipinski definition) is 3. The molecule has 0 aliphatic rings. The van der Waals surface area contributed by atoms with E-state index in [0.29, 0.717) is 0 Å². The molecule has 2 nitrogen and oxygen atoms in total. The lowest BCUT2D eigenvalue weighted by atomic mass is 10.3. The molecular formula is C9H16N2S. The maximum Gasteiger partial charge on any atom is 0.0472 e. The zero-order chi connectivity index (χ0) is 8.81. The molecule has 1 rings (SSSR count). The average Bonchev–Trinajstić information content (AvgIpc) is 2.56. The van der Waals surface area contributed by atoms with Gasteiger partial charge in [0.15, 0.2) is 0 Å². The van der Waals surface area contributed by atoms with Crippen LogP contribution in [0.25, 0.3) is 0 Å². The van der Waals surface area contributed by atoms with E-state index in [1.54, 1.807) is 11.3 Å². The summed E-state index contributed by atoms with van der Waals surface area (Å²) in [7, 11) is 4.13. The summed E-state index contributed by atoms with van der Waals surface area (Å²) in [6.45, 7) is 2.21. The Morgan fingerprint density at radius 2 is 2.42 bits per heavy atom. The van der Waals surface area contributed by atoms with E-state index < -0.39 is 0 Å². The summed E-state index contributed by atoms with van der Waals surface area (Å²) in [5.74, 6) is 0. The molecule has 0 atom stereocenters. The van der Waals surface area contributed by atoms with Crippen LogP contribution in [-0.2, 0) is 0 Å². The number of anilines is 1. The first kappa shape index (κ1) is 9.55. The second-order valence-electron chi connectivity index (χ2n) is 2.86. The summed E-state index contributed by atoms with van der Waals surface area (Å²) < 4.78 is 0. The first-order valence-corrected chi connectivity index (χ1v) is 5.17. The molecule has 1 aromatic rings. The minimum Gasteiger partial charge on any atom is -0.374 e. The van der Waals surface area contributed by atoms with Gasteiger partial charge in [-0.05, 0) is 31.5 Å². The van der Waals surface area contributed by atoms with Gasteiger partial charge in [0, 0.05) is 24.7 Å². The van der Waals surface area contributed by atoms with Crippen molar-refractivity contribution in [1.29, 1.82) is 0 Å². The zero-order valence-corrected chi connectivity index (χ0v) is 8.53. The third kappa shape index (κ3) is 2.83. The minimum atomic E-state index is 1.09. The molecule has 0 aromatic carbocycles. The second-order valence-corrected chi connectivity index (χ2v) is 3.64. The third-order valence-electron chi connectivity index (χ3n) is 1.87. The molecule has 1 aromatic heterocycles. The van der Waals surface area contributed by atoms with Gasteiger partial charge in [-0.25, -0.2) is 0 Å². The van der Waals surface area contributed by atoms with Gasteiger partial charge in [0.25, 0.3) is 0 Å². The van der Waals surface area contributed by atoms with Crippen LogP contribution < -0.4 is 10.2 Å². The summed E-state index contributed by atoms with van der Waals surface area (Å²) in [6, 6.07) is 2.16. The van der Waals surface area contributed by atoms with Crippen molar-refractivity contribution < 1.29 is 0 Å². The van der Waals surface area contributed by atoms with Crippen LogP contribution in [0.15, 0.2) is 16.8 Å². The Morgan fingerprint density at radius 1 is 1.58 bits per heavy atom. The summed E-state index contributed by atoms with van der Waals surface area (Å²) >= 11 is 1.75. The normalized spacial score (nSPS) is 10.2. The Morgan fingerprint density at radius 3 is 3.00 bits per heavy atom. The van der Waals surface area contributed by atoms with Gasteiger partial charge in [-0.3, -0.25) is 0 Å². The van der Waals surface area contributed by atoms with Gasteiger partial charge >= 0.3 is 0 Å². The fourth-order valence-corrected chi connectivity index (χ4v) is 1.79. The van der Waals surface area contributed by atoms with Crippen LogP contribution in [0.5, 0.6) is 0 Å². The van der Waals surface area contributed by atoms with E-state index in [0.717, 1.165) is 13.1 Å². The second kappa shape index (κ2) is 5.17. The number of nitrogens with one attached hydrogen (secondary N) is 1. The smallest absolute Gasteiger partial charge is 0.0472 e. The van der Waals surface area contributed by atoms with Crippen molar-refractivity contribution in [1.82, 2.24) is 5.32 Å². The molecule has 1 heterocycles. The first-order valence-electron chi connectivity index (χ1n) is 4.22. The summed E-state index contributed by atoms with van der Waals surface area (Å²) in [4.78, 5) is 2.29. The molecule has 0 amide bonds. The molecule has 0 saturated heterocycles. The summed E-state index contributed by atoms with van der Waals surface area (Å²) in [6.07, 6.45) is 1.20. The van der Waals surface area contributed by atoms with Crippen molar-refractivity contribution in [2.45, 2.75) is 6.42 Å². The van der Waals surface area contributed by atoms with Crippen molar-refractivity contribution in [2.24, 2.45) is 0 Å². The van der Waals surface area contributed by atoms with Crippen molar-refractivity contribution in [3.63, 3.8) is 0 Å². The average molecular weight is 184 g/mol. The lowest BCUT2D eigenvalue weighted by Gasteiger charge is -2.16. The Bertz CT molecular complexity index is 196. The van der Waals surface area contributed by atoms with Crippen molar-refractivity contribution in [3.8, 4) is 0 Å². The number of nitrogens with zero attached hydrogens (tertiary/aromatic N) is 1. The monoisotopic (exact) mass is 184 g/mol. The SMILES string of the molecule is CNCCCN(C)c1ccsc1. The number of thiophene rings is 1. The Hall–Kier alpha value is -0.540. The zero-order valence-electron chi connectivity index (χ0n) is 7.71. The van der Waals surface area contributed by atoms with E-state index in [2.05, 4.69) is 34.1 Å².